The molecule has 43 heavy (non-hydrogen) atoms. The van der Waals surface area contributed by atoms with Crippen molar-refractivity contribution in [3.63, 3.8) is 0 Å². The molecule has 0 amide bonds. The van der Waals surface area contributed by atoms with Gasteiger partial charge in [-0.1, -0.05) is 120 Å². The standard InChI is InChI=1S/C37H46F4O2/c1-3-5-7-8-9-10-11-13-14-28-20-21-30(35(39)34(28)38)26-16-18-27(19-17-26)31-22-23-32(37(41)36(31)40)29-24-42-33(43-25-29)15-12-6-4-2/h16-23,29,33H,3-15,24-25H2,1-2H3. The third-order valence-corrected chi connectivity index (χ3v) is 8.53. The minimum absolute atomic E-state index is 0.107. The molecule has 1 heterocycles. The Kier molecular flexibility index (Phi) is 13.1. The van der Waals surface area contributed by atoms with Crippen LogP contribution in [0.2, 0.25) is 0 Å². The quantitative estimate of drug-likeness (QED) is 0.121. The fourth-order valence-electron chi connectivity index (χ4n) is 5.84. The lowest BCUT2D eigenvalue weighted by atomic mass is 9.94. The van der Waals surface area contributed by atoms with E-state index in [1.54, 1.807) is 48.5 Å². The van der Waals surface area contributed by atoms with Gasteiger partial charge >= 0.3 is 0 Å². The van der Waals surface area contributed by atoms with Crippen molar-refractivity contribution in [3.05, 3.63) is 82.9 Å². The van der Waals surface area contributed by atoms with Crippen molar-refractivity contribution in [2.75, 3.05) is 13.2 Å². The second kappa shape index (κ2) is 17.0. The van der Waals surface area contributed by atoms with Gasteiger partial charge < -0.3 is 9.47 Å². The summed E-state index contributed by atoms with van der Waals surface area (Å²) in [7, 11) is 0. The maximum absolute atomic E-state index is 15.2. The largest absolute Gasteiger partial charge is 0.352 e. The monoisotopic (exact) mass is 598 g/mol. The van der Waals surface area contributed by atoms with Crippen LogP contribution in [0.15, 0.2) is 48.5 Å². The average Bonchev–Trinajstić information content (AvgIpc) is 3.02. The lowest BCUT2D eigenvalue weighted by Crippen LogP contribution is -2.31. The fraction of sp³-hybridized carbons (Fsp3) is 0.514. The van der Waals surface area contributed by atoms with Crippen LogP contribution in [0.5, 0.6) is 0 Å². The molecule has 6 heteroatoms. The molecule has 0 bridgehead atoms. The predicted octanol–water partition coefficient (Wildman–Crippen LogP) is 11.3. The van der Waals surface area contributed by atoms with Crippen molar-refractivity contribution in [2.24, 2.45) is 0 Å². The third kappa shape index (κ3) is 8.92. The van der Waals surface area contributed by atoms with Crippen LogP contribution in [0, 0.1) is 23.3 Å². The van der Waals surface area contributed by atoms with E-state index in [1.807, 2.05) is 0 Å². The van der Waals surface area contributed by atoms with Gasteiger partial charge in [0.15, 0.2) is 29.6 Å². The van der Waals surface area contributed by atoms with Gasteiger partial charge in [-0.3, -0.25) is 0 Å². The van der Waals surface area contributed by atoms with Gasteiger partial charge in [0.05, 0.1) is 13.2 Å². The molecule has 2 nitrogen and oxygen atoms in total. The summed E-state index contributed by atoms with van der Waals surface area (Å²) in [6, 6.07) is 12.8. The summed E-state index contributed by atoms with van der Waals surface area (Å²) in [5, 5.41) is 0. The molecule has 1 saturated heterocycles. The first-order valence-corrected chi connectivity index (χ1v) is 16.2. The van der Waals surface area contributed by atoms with Crippen LogP contribution >= 0.6 is 0 Å². The molecule has 3 aromatic rings. The zero-order valence-electron chi connectivity index (χ0n) is 25.7. The lowest BCUT2D eigenvalue weighted by Gasteiger charge is -2.30. The second-order valence-electron chi connectivity index (χ2n) is 11.8. The van der Waals surface area contributed by atoms with Crippen LogP contribution in [0.25, 0.3) is 22.3 Å². The van der Waals surface area contributed by atoms with Gasteiger partial charge in [0, 0.05) is 17.0 Å². The summed E-state index contributed by atoms with van der Waals surface area (Å²) in [5.41, 5.74) is 1.80. The normalized spacial score (nSPS) is 17.0. The molecule has 0 spiro atoms. The Morgan fingerprint density at radius 2 is 1.07 bits per heavy atom. The highest BCUT2D eigenvalue weighted by atomic mass is 19.2. The maximum Gasteiger partial charge on any atom is 0.166 e. The highest BCUT2D eigenvalue weighted by Gasteiger charge is 2.27. The molecular formula is C37H46F4O2. The van der Waals surface area contributed by atoms with Crippen molar-refractivity contribution in [1.29, 1.82) is 0 Å². The highest BCUT2D eigenvalue weighted by Crippen LogP contribution is 2.34. The van der Waals surface area contributed by atoms with Crippen LogP contribution in [-0.2, 0) is 15.9 Å². The Morgan fingerprint density at radius 3 is 1.67 bits per heavy atom. The summed E-state index contributed by atoms with van der Waals surface area (Å²) in [6.07, 6.45) is 13.4. The number of ether oxygens (including phenoxy) is 2. The fourth-order valence-corrected chi connectivity index (χ4v) is 5.84. The molecule has 4 rings (SSSR count). The van der Waals surface area contributed by atoms with Crippen LogP contribution in [0.3, 0.4) is 0 Å². The maximum atomic E-state index is 15.2. The van der Waals surface area contributed by atoms with Gasteiger partial charge in [-0.15, -0.1) is 0 Å². The average molecular weight is 599 g/mol. The van der Waals surface area contributed by atoms with Crippen LogP contribution < -0.4 is 0 Å². The molecule has 234 valence electrons. The summed E-state index contributed by atoms with van der Waals surface area (Å²) >= 11 is 0. The minimum atomic E-state index is -0.946. The number of hydrogen-bond acceptors (Lipinski definition) is 2. The van der Waals surface area contributed by atoms with Crippen molar-refractivity contribution in [2.45, 2.75) is 110 Å². The molecule has 0 aromatic heterocycles. The lowest BCUT2D eigenvalue weighted by molar-refractivity contribution is -0.190. The van der Waals surface area contributed by atoms with Crippen LogP contribution in [-0.4, -0.2) is 19.5 Å². The SMILES string of the molecule is CCCCCCCCCCc1ccc(-c2ccc(-c3ccc(C4COC(CCCCC)OC4)c(F)c3F)cc2)c(F)c1F. The molecule has 0 N–H and O–H groups in total. The van der Waals surface area contributed by atoms with E-state index < -0.39 is 23.3 Å². The van der Waals surface area contributed by atoms with Crippen LogP contribution in [0.1, 0.15) is 108 Å². The summed E-state index contributed by atoms with van der Waals surface area (Å²) in [6.45, 7) is 4.89. The van der Waals surface area contributed by atoms with E-state index in [0.717, 1.165) is 44.9 Å². The minimum Gasteiger partial charge on any atom is -0.352 e. The van der Waals surface area contributed by atoms with Gasteiger partial charge in [0.1, 0.15) is 0 Å². The summed E-state index contributed by atoms with van der Waals surface area (Å²) in [5.74, 6) is -3.93. The number of unbranched alkanes of at least 4 members (excludes halogenated alkanes) is 9. The van der Waals surface area contributed by atoms with E-state index in [-0.39, 0.29) is 42.1 Å². The molecule has 1 fully saturated rings. The Hall–Kier alpha value is -2.70. The first-order valence-electron chi connectivity index (χ1n) is 16.2. The molecule has 0 atom stereocenters. The molecule has 0 aliphatic carbocycles. The number of benzene rings is 3. The molecule has 1 aliphatic heterocycles. The van der Waals surface area contributed by atoms with Crippen LogP contribution in [0.4, 0.5) is 17.6 Å². The number of hydrogen-bond donors (Lipinski definition) is 0. The molecule has 3 aromatic carbocycles. The van der Waals surface area contributed by atoms with Crippen molar-refractivity contribution in [1.82, 2.24) is 0 Å². The zero-order valence-corrected chi connectivity index (χ0v) is 25.7. The molecule has 0 unspecified atom stereocenters. The summed E-state index contributed by atoms with van der Waals surface area (Å²) < 4.78 is 71.9. The van der Waals surface area contributed by atoms with Crippen molar-refractivity contribution < 1.29 is 27.0 Å². The van der Waals surface area contributed by atoms with E-state index in [4.69, 9.17) is 9.47 Å². The Labute approximate surface area is 254 Å². The third-order valence-electron chi connectivity index (χ3n) is 8.53. The van der Waals surface area contributed by atoms with Gasteiger partial charge in [0.2, 0.25) is 0 Å². The van der Waals surface area contributed by atoms with Gasteiger partial charge in [-0.05, 0) is 47.9 Å². The van der Waals surface area contributed by atoms with Crippen molar-refractivity contribution >= 4 is 0 Å². The molecule has 1 aliphatic rings. The highest BCUT2D eigenvalue weighted by molar-refractivity contribution is 5.71. The summed E-state index contributed by atoms with van der Waals surface area (Å²) in [4.78, 5) is 0. The molecule has 0 radical (unpaired) electrons. The molecular weight excluding hydrogens is 552 g/mol. The number of halogens is 4. The van der Waals surface area contributed by atoms with E-state index in [9.17, 15) is 4.39 Å². The Morgan fingerprint density at radius 1 is 0.558 bits per heavy atom. The number of aryl methyl sites for hydroxylation is 1. The molecule has 0 saturated carbocycles. The Bertz CT molecular complexity index is 1280. The van der Waals surface area contributed by atoms with Gasteiger partial charge in [0.25, 0.3) is 0 Å². The topological polar surface area (TPSA) is 18.5 Å². The first-order chi connectivity index (χ1) is 20.9. The first kappa shape index (κ1) is 33.2. The second-order valence-corrected chi connectivity index (χ2v) is 11.8. The predicted molar refractivity (Wildman–Crippen MR) is 166 cm³/mol. The van der Waals surface area contributed by atoms with E-state index in [0.29, 0.717) is 23.1 Å². The van der Waals surface area contributed by atoms with E-state index in [1.165, 1.54) is 32.1 Å². The Balaban J connectivity index is 1.36. The van der Waals surface area contributed by atoms with E-state index >= 15 is 13.2 Å². The van der Waals surface area contributed by atoms with E-state index in [2.05, 4.69) is 13.8 Å². The smallest absolute Gasteiger partial charge is 0.166 e. The van der Waals surface area contributed by atoms with Crippen molar-refractivity contribution in [3.8, 4) is 22.3 Å². The van der Waals surface area contributed by atoms with Gasteiger partial charge in [-0.2, -0.15) is 0 Å². The zero-order chi connectivity index (χ0) is 30.6. The van der Waals surface area contributed by atoms with Gasteiger partial charge in [-0.25, -0.2) is 17.6 Å². The number of rotatable bonds is 16.